The van der Waals surface area contributed by atoms with Gasteiger partial charge >= 0.3 is 0 Å². The third-order valence-electron chi connectivity index (χ3n) is 4.18. The van der Waals surface area contributed by atoms with E-state index in [9.17, 15) is 4.79 Å². The first-order valence-electron chi connectivity index (χ1n) is 7.74. The zero-order valence-electron chi connectivity index (χ0n) is 13.1. The Bertz CT molecular complexity index is 464. The van der Waals surface area contributed by atoms with Crippen molar-refractivity contribution in [3.8, 4) is 0 Å². The van der Waals surface area contributed by atoms with Crippen LogP contribution in [0.3, 0.4) is 0 Å². The van der Waals surface area contributed by atoms with Gasteiger partial charge in [0.25, 0.3) is 0 Å². The summed E-state index contributed by atoms with van der Waals surface area (Å²) < 4.78 is 0. The highest BCUT2D eigenvalue weighted by atomic mass is 32.2. The van der Waals surface area contributed by atoms with Gasteiger partial charge in [0.2, 0.25) is 5.91 Å². The zero-order chi connectivity index (χ0) is 15.1. The molecule has 1 saturated heterocycles. The molecule has 1 atom stereocenters. The van der Waals surface area contributed by atoms with Gasteiger partial charge < -0.3 is 10.2 Å². The Morgan fingerprint density at radius 2 is 2.24 bits per heavy atom. The lowest BCUT2D eigenvalue weighted by Gasteiger charge is -2.17. The maximum Gasteiger partial charge on any atom is 0.220 e. The minimum absolute atomic E-state index is 0.180. The molecule has 0 radical (unpaired) electrons. The van der Waals surface area contributed by atoms with Crippen molar-refractivity contribution in [2.24, 2.45) is 0 Å². The molecule has 0 bridgehead atoms. The van der Waals surface area contributed by atoms with Gasteiger partial charge in [-0.25, -0.2) is 0 Å². The van der Waals surface area contributed by atoms with Crippen LogP contribution in [0.4, 0.5) is 0 Å². The van der Waals surface area contributed by atoms with Crippen LogP contribution in [0.2, 0.25) is 0 Å². The van der Waals surface area contributed by atoms with Crippen LogP contribution >= 0.6 is 11.8 Å². The molecule has 1 fully saturated rings. The van der Waals surface area contributed by atoms with Crippen LogP contribution in [0.1, 0.15) is 29.9 Å². The van der Waals surface area contributed by atoms with E-state index in [4.69, 9.17) is 0 Å². The number of carbonyl (C=O) groups excluding carboxylic acids is 1. The number of hydrogen-bond donors (Lipinski definition) is 1. The average molecular weight is 306 g/mol. The molecule has 3 nitrogen and oxygen atoms in total. The minimum Gasteiger partial charge on any atom is -0.355 e. The topological polar surface area (TPSA) is 32.3 Å². The molecule has 0 spiro atoms. The van der Waals surface area contributed by atoms with Crippen LogP contribution in [0.25, 0.3) is 0 Å². The Kier molecular flexibility index (Phi) is 6.58. The Labute approximate surface area is 132 Å². The first-order chi connectivity index (χ1) is 10.2. The summed E-state index contributed by atoms with van der Waals surface area (Å²) in [5.74, 6) is 1.74. The molecule has 0 unspecified atom stereocenters. The van der Waals surface area contributed by atoms with Crippen molar-refractivity contribution in [3.63, 3.8) is 0 Å². The zero-order valence-corrected chi connectivity index (χ0v) is 13.9. The van der Waals surface area contributed by atoms with Crippen molar-refractivity contribution >= 4 is 17.7 Å². The fourth-order valence-electron chi connectivity index (χ4n) is 2.97. The summed E-state index contributed by atoms with van der Waals surface area (Å²) in [4.78, 5) is 14.0. The summed E-state index contributed by atoms with van der Waals surface area (Å²) in [6.45, 7) is 6.19. The van der Waals surface area contributed by atoms with E-state index in [1.54, 1.807) is 11.8 Å². The monoisotopic (exact) mass is 306 g/mol. The van der Waals surface area contributed by atoms with Crippen molar-refractivity contribution < 1.29 is 4.79 Å². The molecule has 1 heterocycles. The SMILES string of the molecule is CSCCC(=O)NCCN1CC[C@@H](c2ccccc2C)C1. The van der Waals surface area contributed by atoms with Gasteiger partial charge in [-0.15, -0.1) is 0 Å². The van der Waals surface area contributed by atoms with Gasteiger partial charge in [0, 0.05) is 31.8 Å². The summed E-state index contributed by atoms with van der Waals surface area (Å²) in [6, 6.07) is 8.70. The molecular formula is C17H26N2OS. The lowest BCUT2D eigenvalue weighted by atomic mass is 9.94. The van der Waals surface area contributed by atoms with Crippen LogP contribution in [0, 0.1) is 6.92 Å². The largest absolute Gasteiger partial charge is 0.355 e. The maximum absolute atomic E-state index is 11.6. The molecule has 1 aliphatic heterocycles. The summed E-state index contributed by atoms with van der Waals surface area (Å²) in [6.07, 6.45) is 3.89. The number of nitrogens with one attached hydrogen (secondary N) is 1. The molecule has 1 N–H and O–H groups in total. The number of likely N-dealkylation sites (tertiary alicyclic amines) is 1. The molecule has 1 aliphatic rings. The normalized spacial score (nSPS) is 18.9. The van der Waals surface area contributed by atoms with Gasteiger partial charge in [0.05, 0.1) is 0 Å². The van der Waals surface area contributed by atoms with E-state index in [0.717, 1.165) is 31.9 Å². The Morgan fingerprint density at radius 3 is 3.00 bits per heavy atom. The van der Waals surface area contributed by atoms with E-state index in [-0.39, 0.29) is 5.91 Å². The van der Waals surface area contributed by atoms with Gasteiger partial charge in [-0.2, -0.15) is 11.8 Å². The summed E-state index contributed by atoms with van der Waals surface area (Å²) in [5, 5.41) is 3.02. The number of benzene rings is 1. The minimum atomic E-state index is 0.180. The predicted molar refractivity (Wildman–Crippen MR) is 91.0 cm³/mol. The molecule has 21 heavy (non-hydrogen) atoms. The van der Waals surface area contributed by atoms with Gasteiger partial charge in [0.1, 0.15) is 0 Å². The summed E-state index contributed by atoms with van der Waals surface area (Å²) in [7, 11) is 0. The molecule has 0 aliphatic carbocycles. The lowest BCUT2D eigenvalue weighted by Crippen LogP contribution is -2.33. The molecule has 4 heteroatoms. The van der Waals surface area contributed by atoms with Crippen molar-refractivity contribution in [1.82, 2.24) is 10.2 Å². The van der Waals surface area contributed by atoms with Crippen molar-refractivity contribution in [2.45, 2.75) is 25.7 Å². The third kappa shape index (κ3) is 5.04. The van der Waals surface area contributed by atoms with E-state index >= 15 is 0 Å². The number of thioether (sulfide) groups is 1. The number of rotatable bonds is 7. The Hall–Kier alpha value is -1.00. The highest BCUT2D eigenvalue weighted by molar-refractivity contribution is 7.98. The van der Waals surface area contributed by atoms with E-state index in [2.05, 4.69) is 41.4 Å². The third-order valence-corrected chi connectivity index (χ3v) is 4.80. The number of carbonyl (C=O) groups is 1. The molecular weight excluding hydrogens is 280 g/mol. The van der Waals surface area contributed by atoms with E-state index in [0.29, 0.717) is 12.3 Å². The highest BCUT2D eigenvalue weighted by Gasteiger charge is 2.24. The molecule has 0 aromatic heterocycles. The van der Waals surface area contributed by atoms with E-state index in [1.807, 2.05) is 6.26 Å². The van der Waals surface area contributed by atoms with Gasteiger partial charge in [-0.1, -0.05) is 24.3 Å². The van der Waals surface area contributed by atoms with Crippen LogP contribution in [-0.4, -0.2) is 49.0 Å². The van der Waals surface area contributed by atoms with Gasteiger partial charge in [-0.05, 0) is 43.2 Å². The number of aryl methyl sites for hydroxylation is 1. The number of hydrogen-bond acceptors (Lipinski definition) is 3. The molecule has 2 rings (SSSR count). The Morgan fingerprint density at radius 1 is 1.43 bits per heavy atom. The van der Waals surface area contributed by atoms with Gasteiger partial charge in [0.15, 0.2) is 0 Å². The second-order valence-electron chi connectivity index (χ2n) is 5.74. The lowest BCUT2D eigenvalue weighted by molar-refractivity contribution is -0.120. The molecule has 1 aromatic carbocycles. The van der Waals surface area contributed by atoms with Crippen molar-refractivity contribution in [2.75, 3.05) is 38.2 Å². The molecule has 1 amide bonds. The van der Waals surface area contributed by atoms with Crippen molar-refractivity contribution in [1.29, 1.82) is 0 Å². The second kappa shape index (κ2) is 8.44. The second-order valence-corrected chi connectivity index (χ2v) is 6.72. The molecule has 116 valence electrons. The van der Waals surface area contributed by atoms with Crippen molar-refractivity contribution in [3.05, 3.63) is 35.4 Å². The fourth-order valence-corrected chi connectivity index (χ4v) is 3.36. The number of amides is 1. The van der Waals surface area contributed by atoms with Crippen LogP contribution < -0.4 is 5.32 Å². The predicted octanol–water partition coefficient (Wildman–Crippen LogP) is 2.65. The molecule has 1 aromatic rings. The average Bonchev–Trinajstić information content (AvgIpc) is 2.94. The van der Waals surface area contributed by atoms with Crippen LogP contribution in [0.5, 0.6) is 0 Å². The van der Waals surface area contributed by atoms with Crippen LogP contribution in [0.15, 0.2) is 24.3 Å². The van der Waals surface area contributed by atoms with Crippen LogP contribution in [-0.2, 0) is 4.79 Å². The quantitative estimate of drug-likeness (QED) is 0.840. The number of nitrogens with zero attached hydrogens (tertiary/aromatic N) is 1. The summed E-state index contributed by atoms with van der Waals surface area (Å²) >= 11 is 1.72. The van der Waals surface area contributed by atoms with E-state index < -0.39 is 0 Å². The first-order valence-corrected chi connectivity index (χ1v) is 9.13. The first kappa shape index (κ1) is 16.4. The fraction of sp³-hybridized carbons (Fsp3) is 0.588. The molecule has 0 saturated carbocycles. The smallest absolute Gasteiger partial charge is 0.220 e. The van der Waals surface area contributed by atoms with E-state index in [1.165, 1.54) is 17.5 Å². The standard InChI is InChI=1S/C17H26N2OS/c1-14-5-3-4-6-16(14)15-7-10-19(13-15)11-9-18-17(20)8-12-21-2/h3-6,15H,7-13H2,1-2H3,(H,18,20)/t15-/m1/s1. The van der Waals surface area contributed by atoms with Gasteiger partial charge in [-0.3, -0.25) is 4.79 Å². The maximum atomic E-state index is 11.6. The summed E-state index contributed by atoms with van der Waals surface area (Å²) in [5.41, 5.74) is 2.89. The highest BCUT2D eigenvalue weighted by Crippen LogP contribution is 2.28. The Balaban J connectivity index is 1.71.